The van der Waals surface area contributed by atoms with Gasteiger partial charge in [-0.25, -0.2) is 9.97 Å². The minimum atomic E-state index is -4.13. The van der Waals surface area contributed by atoms with E-state index in [0.717, 1.165) is 0 Å². The number of rotatable bonds is 4. The first-order chi connectivity index (χ1) is 8.46. The number of imidazole rings is 1. The number of nitrogens with one attached hydrogen (secondary N) is 1. The van der Waals surface area contributed by atoms with Crippen LogP contribution in [0.15, 0.2) is 18.6 Å². The third-order valence-electron chi connectivity index (χ3n) is 2.32. The van der Waals surface area contributed by atoms with Crippen LogP contribution in [-0.2, 0) is 0 Å². The minimum absolute atomic E-state index is 0.0210. The molecule has 0 aliphatic carbocycles. The quantitative estimate of drug-likeness (QED) is 0.825. The average Bonchev–Trinajstić information content (AvgIpc) is 2.70. The third kappa shape index (κ3) is 3.02. The summed E-state index contributed by atoms with van der Waals surface area (Å²) in [6, 6.07) is 0. The molecule has 0 spiro atoms. The summed E-state index contributed by atoms with van der Waals surface area (Å²) in [5.74, 6) is 0.668. The van der Waals surface area contributed by atoms with Gasteiger partial charge in [0.05, 0.1) is 6.20 Å². The molecule has 18 heavy (non-hydrogen) atoms. The summed E-state index contributed by atoms with van der Waals surface area (Å²) in [5, 5.41) is 2.81. The smallest absolute Gasteiger partial charge is 0.382 e. The predicted molar refractivity (Wildman–Crippen MR) is 61.2 cm³/mol. The Hall–Kier alpha value is -1.99. The van der Waals surface area contributed by atoms with Crippen molar-refractivity contribution in [3.05, 3.63) is 18.6 Å². The Morgan fingerprint density at radius 1 is 1.39 bits per heavy atom. The molecule has 0 bridgehead atoms. The average molecular weight is 259 g/mol. The Morgan fingerprint density at radius 3 is 2.89 bits per heavy atom. The fraction of sp³-hybridized carbons (Fsp3) is 0.400. The van der Waals surface area contributed by atoms with Gasteiger partial charge in [-0.05, 0) is 6.42 Å². The van der Waals surface area contributed by atoms with E-state index < -0.39 is 12.6 Å². The summed E-state index contributed by atoms with van der Waals surface area (Å²) in [4.78, 5) is 8.06. The lowest BCUT2D eigenvalue weighted by atomic mass is 10.3. The number of anilines is 2. The SMILES string of the molecule is Nc1cn2ccnc2c(NCCCC(F)(F)F)n1. The second-order valence-corrected chi connectivity index (χ2v) is 3.82. The molecule has 0 atom stereocenters. The Kier molecular flexibility index (Phi) is 3.26. The van der Waals surface area contributed by atoms with Gasteiger partial charge in [0.2, 0.25) is 0 Å². The van der Waals surface area contributed by atoms with Crippen molar-refractivity contribution in [3.8, 4) is 0 Å². The molecule has 2 aromatic rings. The Bertz CT molecular complexity index is 534. The second kappa shape index (κ2) is 4.71. The number of nitrogens with zero attached hydrogens (tertiary/aromatic N) is 3. The summed E-state index contributed by atoms with van der Waals surface area (Å²) in [6.45, 7) is 0.165. The standard InChI is InChI=1S/C10H12F3N5/c11-10(12,13)2-1-3-15-8-9-16-4-5-18(9)6-7(14)17-8/h4-6H,1-3,14H2,(H,15,17). The van der Waals surface area contributed by atoms with Crippen molar-refractivity contribution in [2.24, 2.45) is 0 Å². The van der Waals surface area contributed by atoms with E-state index in [9.17, 15) is 13.2 Å². The number of aromatic nitrogens is 3. The van der Waals surface area contributed by atoms with E-state index in [1.54, 1.807) is 23.0 Å². The Morgan fingerprint density at radius 2 is 2.17 bits per heavy atom. The molecule has 2 aromatic heterocycles. The molecule has 0 aliphatic rings. The maximum atomic E-state index is 12.0. The van der Waals surface area contributed by atoms with Crippen molar-refractivity contribution in [3.63, 3.8) is 0 Å². The lowest BCUT2D eigenvalue weighted by molar-refractivity contribution is -0.134. The van der Waals surface area contributed by atoms with Crippen LogP contribution in [0.25, 0.3) is 5.65 Å². The van der Waals surface area contributed by atoms with E-state index in [4.69, 9.17) is 5.73 Å². The number of alkyl halides is 3. The van der Waals surface area contributed by atoms with Crippen LogP contribution >= 0.6 is 0 Å². The minimum Gasteiger partial charge on any atom is -0.382 e. The first-order valence-corrected chi connectivity index (χ1v) is 5.35. The summed E-state index contributed by atoms with van der Waals surface area (Å²) in [6.07, 6.45) is -0.137. The number of hydrogen-bond donors (Lipinski definition) is 2. The van der Waals surface area contributed by atoms with E-state index in [1.807, 2.05) is 0 Å². The first kappa shape index (κ1) is 12.5. The van der Waals surface area contributed by atoms with Crippen molar-refractivity contribution in [1.82, 2.24) is 14.4 Å². The summed E-state index contributed by atoms with van der Waals surface area (Å²) in [5.41, 5.74) is 6.12. The molecule has 8 heteroatoms. The van der Waals surface area contributed by atoms with E-state index in [0.29, 0.717) is 11.5 Å². The van der Waals surface area contributed by atoms with Gasteiger partial charge in [0.1, 0.15) is 5.82 Å². The van der Waals surface area contributed by atoms with Gasteiger partial charge in [-0.3, -0.25) is 0 Å². The Balaban J connectivity index is 2.01. The molecule has 0 radical (unpaired) electrons. The van der Waals surface area contributed by atoms with Crippen LogP contribution in [0.2, 0.25) is 0 Å². The van der Waals surface area contributed by atoms with Gasteiger partial charge in [0.15, 0.2) is 11.5 Å². The number of halogens is 3. The highest BCUT2D eigenvalue weighted by atomic mass is 19.4. The molecule has 0 amide bonds. The Labute approximate surface area is 101 Å². The molecule has 0 aliphatic heterocycles. The molecule has 0 saturated heterocycles. The van der Waals surface area contributed by atoms with E-state index in [1.165, 1.54) is 0 Å². The monoisotopic (exact) mass is 259 g/mol. The van der Waals surface area contributed by atoms with Crippen molar-refractivity contribution >= 4 is 17.3 Å². The van der Waals surface area contributed by atoms with Crippen molar-refractivity contribution < 1.29 is 13.2 Å². The molecular weight excluding hydrogens is 247 g/mol. The van der Waals surface area contributed by atoms with Crippen molar-refractivity contribution in [2.45, 2.75) is 19.0 Å². The lowest BCUT2D eigenvalue weighted by Gasteiger charge is -2.09. The highest BCUT2D eigenvalue weighted by Gasteiger charge is 2.25. The molecule has 0 unspecified atom stereocenters. The zero-order valence-corrected chi connectivity index (χ0v) is 9.41. The molecule has 0 aromatic carbocycles. The zero-order chi connectivity index (χ0) is 13.2. The van der Waals surface area contributed by atoms with Crippen LogP contribution in [0.3, 0.4) is 0 Å². The van der Waals surface area contributed by atoms with Crippen LogP contribution in [-0.4, -0.2) is 27.1 Å². The third-order valence-corrected chi connectivity index (χ3v) is 2.32. The normalized spacial score (nSPS) is 11.9. The number of nitrogen functional groups attached to an aromatic ring is 1. The van der Waals surface area contributed by atoms with Gasteiger partial charge in [-0.2, -0.15) is 13.2 Å². The van der Waals surface area contributed by atoms with E-state index in [-0.39, 0.29) is 18.8 Å². The highest BCUT2D eigenvalue weighted by molar-refractivity contribution is 5.64. The largest absolute Gasteiger partial charge is 0.389 e. The molecular formula is C10H12F3N5. The van der Waals surface area contributed by atoms with Gasteiger partial charge >= 0.3 is 6.18 Å². The maximum Gasteiger partial charge on any atom is 0.389 e. The van der Waals surface area contributed by atoms with Crippen molar-refractivity contribution in [1.29, 1.82) is 0 Å². The van der Waals surface area contributed by atoms with Gasteiger partial charge < -0.3 is 15.5 Å². The molecule has 5 nitrogen and oxygen atoms in total. The number of nitrogens with two attached hydrogens (primary N) is 1. The van der Waals surface area contributed by atoms with Gasteiger partial charge in [0.25, 0.3) is 0 Å². The lowest BCUT2D eigenvalue weighted by Crippen LogP contribution is -2.12. The number of hydrogen-bond acceptors (Lipinski definition) is 4. The predicted octanol–water partition coefficient (Wildman–Crippen LogP) is 2.07. The molecule has 2 heterocycles. The van der Waals surface area contributed by atoms with Crippen LogP contribution in [0.5, 0.6) is 0 Å². The van der Waals surface area contributed by atoms with Gasteiger partial charge in [-0.15, -0.1) is 0 Å². The maximum absolute atomic E-state index is 12.0. The van der Waals surface area contributed by atoms with Gasteiger partial charge in [0, 0.05) is 25.4 Å². The molecule has 3 N–H and O–H groups in total. The highest BCUT2D eigenvalue weighted by Crippen LogP contribution is 2.21. The first-order valence-electron chi connectivity index (χ1n) is 5.35. The van der Waals surface area contributed by atoms with Crippen LogP contribution in [0.1, 0.15) is 12.8 Å². The fourth-order valence-electron chi connectivity index (χ4n) is 1.57. The van der Waals surface area contributed by atoms with Crippen molar-refractivity contribution in [2.75, 3.05) is 17.6 Å². The van der Waals surface area contributed by atoms with Crippen LogP contribution < -0.4 is 11.1 Å². The fourth-order valence-corrected chi connectivity index (χ4v) is 1.57. The molecule has 0 fully saturated rings. The summed E-state index contributed by atoms with van der Waals surface area (Å²) in [7, 11) is 0. The molecule has 2 rings (SSSR count). The number of fused-ring (bicyclic) bond motifs is 1. The van der Waals surface area contributed by atoms with Crippen LogP contribution in [0, 0.1) is 0 Å². The molecule has 0 saturated carbocycles. The topological polar surface area (TPSA) is 68.2 Å². The van der Waals surface area contributed by atoms with E-state index in [2.05, 4.69) is 15.3 Å². The summed E-state index contributed by atoms with van der Waals surface area (Å²) < 4.78 is 37.6. The second-order valence-electron chi connectivity index (χ2n) is 3.82. The van der Waals surface area contributed by atoms with Gasteiger partial charge in [-0.1, -0.05) is 0 Å². The van der Waals surface area contributed by atoms with Crippen LogP contribution in [0.4, 0.5) is 24.8 Å². The zero-order valence-electron chi connectivity index (χ0n) is 9.41. The molecule has 98 valence electrons. The summed E-state index contributed by atoms with van der Waals surface area (Å²) >= 11 is 0. The van der Waals surface area contributed by atoms with E-state index >= 15 is 0 Å².